The zero-order chi connectivity index (χ0) is 19.1. The molecular weight excluding hydrogens is 336 g/mol. The van der Waals surface area contributed by atoms with Crippen molar-refractivity contribution < 1.29 is 0 Å². The SMILES string of the molecule is CN=C(NCCc1nnc2n1CCCCC2)NCC(C)c1cccc(C)c1. The molecule has 1 aromatic heterocycles. The molecule has 2 aromatic rings. The fourth-order valence-corrected chi connectivity index (χ4v) is 3.59. The smallest absolute Gasteiger partial charge is 0.191 e. The number of aryl methyl sites for hydroxylation is 2. The molecule has 0 spiro atoms. The van der Waals surface area contributed by atoms with Crippen molar-refractivity contribution in [2.45, 2.75) is 58.4 Å². The van der Waals surface area contributed by atoms with Crippen LogP contribution in [0.25, 0.3) is 0 Å². The van der Waals surface area contributed by atoms with E-state index in [9.17, 15) is 0 Å². The van der Waals surface area contributed by atoms with E-state index in [0.717, 1.165) is 50.1 Å². The lowest BCUT2D eigenvalue weighted by Crippen LogP contribution is -2.40. The molecule has 1 unspecified atom stereocenters. The summed E-state index contributed by atoms with van der Waals surface area (Å²) in [7, 11) is 1.82. The summed E-state index contributed by atoms with van der Waals surface area (Å²) in [5.74, 6) is 3.50. The summed E-state index contributed by atoms with van der Waals surface area (Å²) in [4.78, 5) is 4.34. The molecule has 146 valence electrons. The lowest BCUT2D eigenvalue weighted by Gasteiger charge is -2.17. The summed E-state index contributed by atoms with van der Waals surface area (Å²) >= 11 is 0. The second-order valence-electron chi connectivity index (χ2n) is 7.44. The Balaban J connectivity index is 1.46. The molecule has 1 aliphatic heterocycles. The Morgan fingerprint density at radius 2 is 2.11 bits per heavy atom. The number of rotatable bonds is 6. The maximum Gasteiger partial charge on any atom is 0.191 e. The van der Waals surface area contributed by atoms with E-state index >= 15 is 0 Å². The molecule has 3 rings (SSSR count). The summed E-state index contributed by atoms with van der Waals surface area (Å²) < 4.78 is 2.31. The fourth-order valence-electron chi connectivity index (χ4n) is 3.59. The lowest BCUT2D eigenvalue weighted by molar-refractivity contribution is 0.599. The van der Waals surface area contributed by atoms with Crippen molar-refractivity contribution in [1.82, 2.24) is 25.4 Å². The Hall–Kier alpha value is -2.37. The molecule has 0 bridgehead atoms. The van der Waals surface area contributed by atoms with Gasteiger partial charge in [-0.2, -0.15) is 0 Å². The monoisotopic (exact) mass is 368 g/mol. The number of aliphatic imine (C=N–C) groups is 1. The fraction of sp³-hybridized carbons (Fsp3) is 0.571. The molecule has 27 heavy (non-hydrogen) atoms. The van der Waals surface area contributed by atoms with Gasteiger partial charge in [-0.1, -0.05) is 43.2 Å². The van der Waals surface area contributed by atoms with Crippen molar-refractivity contribution in [3.63, 3.8) is 0 Å². The van der Waals surface area contributed by atoms with Crippen LogP contribution in [0.2, 0.25) is 0 Å². The third-order valence-electron chi connectivity index (χ3n) is 5.24. The molecular formula is C21H32N6. The van der Waals surface area contributed by atoms with Crippen LogP contribution in [0.1, 0.15) is 54.9 Å². The molecule has 0 saturated carbocycles. The van der Waals surface area contributed by atoms with Crippen LogP contribution < -0.4 is 10.6 Å². The van der Waals surface area contributed by atoms with E-state index in [2.05, 4.69) is 68.5 Å². The Kier molecular flexibility index (Phi) is 6.85. The van der Waals surface area contributed by atoms with Crippen LogP contribution in [0.4, 0.5) is 0 Å². The Bertz CT molecular complexity index is 764. The summed E-state index contributed by atoms with van der Waals surface area (Å²) in [5.41, 5.74) is 2.65. The predicted octanol–water partition coefficient (Wildman–Crippen LogP) is 2.82. The highest BCUT2D eigenvalue weighted by Crippen LogP contribution is 2.16. The number of nitrogens with one attached hydrogen (secondary N) is 2. The van der Waals surface area contributed by atoms with Gasteiger partial charge in [0.2, 0.25) is 0 Å². The van der Waals surface area contributed by atoms with E-state index in [0.29, 0.717) is 5.92 Å². The first kappa shape index (κ1) is 19.4. The van der Waals surface area contributed by atoms with Crippen molar-refractivity contribution in [2.75, 3.05) is 20.1 Å². The highest BCUT2D eigenvalue weighted by molar-refractivity contribution is 5.79. The van der Waals surface area contributed by atoms with Crippen LogP contribution in [0, 0.1) is 6.92 Å². The number of nitrogens with zero attached hydrogens (tertiary/aromatic N) is 4. The molecule has 0 saturated heterocycles. The van der Waals surface area contributed by atoms with Crippen LogP contribution in [0.3, 0.4) is 0 Å². The van der Waals surface area contributed by atoms with Gasteiger partial charge in [0.25, 0.3) is 0 Å². The van der Waals surface area contributed by atoms with Crippen LogP contribution in [-0.2, 0) is 19.4 Å². The summed E-state index contributed by atoms with van der Waals surface area (Å²) in [6, 6.07) is 8.69. The number of hydrogen-bond donors (Lipinski definition) is 2. The first-order chi connectivity index (χ1) is 13.2. The topological polar surface area (TPSA) is 67.1 Å². The van der Waals surface area contributed by atoms with Gasteiger partial charge < -0.3 is 15.2 Å². The first-order valence-corrected chi connectivity index (χ1v) is 10.1. The minimum atomic E-state index is 0.427. The van der Waals surface area contributed by atoms with Gasteiger partial charge in [-0.15, -0.1) is 10.2 Å². The summed E-state index contributed by atoms with van der Waals surface area (Å²) in [5, 5.41) is 15.6. The second-order valence-corrected chi connectivity index (χ2v) is 7.44. The van der Waals surface area contributed by atoms with Gasteiger partial charge in [0.15, 0.2) is 5.96 Å². The van der Waals surface area contributed by atoms with E-state index in [4.69, 9.17) is 0 Å². The van der Waals surface area contributed by atoms with Gasteiger partial charge in [-0.05, 0) is 31.2 Å². The number of benzene rings is 1. The molecule has 6 nitrogen and oxygen atoms in total. The molecule has 0 radical (unpaired) electrons. The second kappa shape index (κ2) is 9.53. The quantitative estimate of drug-likeness (QED) is 0.608. The van der Waals surface area contributed by atoms with E-state index < -0.39 is 0 Å². The van der Waals surface area contributed by atoms with E-state index in [1.54, 1.807) is 0 Å². The normalized spacial score (nSPS) is 15.7. The van der Waals surface area contributed by atoms with Crippen LogP contribution in [0.15, 0.2) is 29.3 Å². The van der Waals surface area contributed by atoms with Gasteiger partial charge in [0.05, 0.1) is 0 Å². The lowest BCUT2D eigenvalue weighted by atomic mass is 9.99. The van der Waals surface area contributed by atoms with Crippen molar-refractivity contribution >= 4 is 5.96 Å². The maximum absolute atomic E-state index is 4.40. The average Bonchev–Trinajstić information content (AvgIpc) is 2.90. The molecule has 2 heterocycles. The molecule has 2 N–H and O–H groups in total. The predicted molar refractivity (Wildman–Crippen MR) is 110 cm³/mol. The Morgan fingerprint density at radius 1 is 1.22 bits per heavy atom. The van der Waals surface area contributed by atoms with E-state index in [1.165, 1.54) is 30.4 Å². The van der Waals surface area contributed by atoms with Gasteiger partial charge >= 0.3 is 0 Å². The highest BCUT2D eigenvalue weighted by atomic mass is 15.3. The van der Waals surface area contributed by atoms with Crippen molar-refractivity contribution in [1.29, 1.82) is 0 Å². The minimum Gasteiger partial charge on any atom is -0.356 e. The summed E-state index contributed by atoms with van der Waals surface area (Å²) in [6.45, 7) is 7.08. The Morgan fingerprint density at radius 3 is 2.93 bits per heavy atom. The molecule has 0 fully saturated rings. The average molecular weight is 369 g/mol. The number of fused-ring (bicyclic) bond motifs is 1. The molecule has 0 aliphatic carbocycles. The number of aromatic nitrogens is 3. The molecule has 1 aliphatic rings. The molecule has 6 heteroatoms. The van der Waals surface area contributed by atoms with Gasteiger partial charge in [0.1, 0.15) is 11.6 Å². The third-order valence-corrected chi connectivity index (χ3v) is 5.24. The number of guanidine groups is 1. The largest absolute Gasteiger partial charge is 0.356 e. The van der Waals surface area contributed by atoms with Gasteiger partial charge in [-0.3, -0.25) is 4.99 Å². The van der Waals surface area contributed by atoms with Crippen LogP contribution in [0.5, 0.6) is 0 Å². The number of hydrogen-bond acceptors (Lipinski definition) is 3. The third kappa shape index (κ3) is 5.31. The molecule has 0 amide bonds. The standard InChI is InChI=1S/C21H32N6/c1-16-8-7-9-18(14-16)17(2)15-24-21(22-3)23-12-11-20-26-25-19-10-5-4-6-13-27(19)20/h7-9,14,17H,4-6,10-13,15H2,1-3H3,(H2,22,23,24). The van der Waals surface area contributed by atoms with Gasteiger partial charge in [0, 0.05) is 39.5 Å². The van der Waals surface area contributed by atoms with Crippen LogP contribution in [-0.4, -0.2) is 40.9 Å². The summed E-state index contributed by atoms with van der Waals surface area (Å²) in [6.07, 6.45) is 5.66. The molecule has 1 atom stereocenters. The zero-order valence-corrected chi connectivity index (χ0v) is 16.8. The van der Waals surface area contributed by atoms with E-state index in [-0.39, 0.29) is 0 Å². The maximum atomic E-state index is 4.40. The van der Waals surface area contributed by atoms with Crippen molar-refractivity contribution in [2.24, 2.45) is 4.99 Å². The van der Waals surface area contributed by atoms with E-state index in [1.807, 2.05) is 7.05 Å². The van der Waals surface area contributed by atoms with Crippen molar-refractivity contribution in [3.8, 4) is 0 Å². The Labute approximate surface area is 162 Å². The zero-order valence-electron chi connectivity index (χ0n) is 16.8. The highest BCUT2D eigenvalue weighted by Gasteiger charge is 2.14. The molecule has 1 aromatic carbocycles. The van der Waals surface area contributed by atoms with Crippen LogP contribution >= 0.6 is 0 Å². The first-order valence-electron chi connectivity index (χ1n) is 10.1. The van der Waals surface area contributed by atoms with Crippen molar-refractivity contribution in [3.05, 3.63) is 47.0 Å². The van der Waals surface area contributed by atoms with Gasteiger partial charge in [-0.25, -0.2) is 0 Å². The minimum absolute atomic E-state index is 0.427.